The number of imidazole rings is 1. The van der Waals surface area contributed by atoms with E-state index in [4.69, 9.17) is 0 Å². The minimum absolute atomic E-state index is 0.200. The lowest BCUT2D eigenvalue weighted by molar-refractivity contribution is -0.389. The molecule has 1 aromatic carbocycles. The summed E-state index contributed by atoms with van der Waals surface area (Å²) in [7, 11) is 0. The van der Waals surface area contributed by atoms with Crippen LogP contribution in [0.15, 0.2) is 42.9 Å². The predicted molar refractivity (Wildman–Crippen MR) is 89.0 cm³/mol. The van der Waals surface area contributed by atoms with Crippen molar-refractivity contribution in [2.24, 2.45) is 0 Å². The number of piperazine rings is 1. The van der Waals surface area contributed by atoms with Crippen LogP contribution in [0, 0.1) is 10.1 Å². The van der Waals surface area contributed by atoms with Crippen LogP contribution >= 0.6 is 0 Å². The van der Waals surface area contributed by atoms with Gasteiger partial charge in [-0.2, -0.15) is 0 Å². The molecule has 0 saturated carbocycles. The molecule has 2 heterocycles. The molecular formula is C16H19N5O3. The van der Waals surface area contributed by atoms with Gasteiger partial charge in [-0.15, -0.1) is 0 Å². The van der Waals surface area contributed by atoms with Crippen molar-refractivity contribution in [2.75, 3.05) is 31.1 Å². The zero-order chi connectivity index (χ0) is 16.9. The molecule has 0 radical (unpaired) electrons. The van der Waals surface area contributed by atoms with Crippen LogP contribution in [0.5, 0.6) is 0 Å². The topological polar surface area (TPSA) is 84.5 Å². The van der Waals surface area contributed by atoms with Gasteiger partial charge < -0.3 is 24.4 Å². The Morgan fingerprint density at radius 1 is 1.21 bits per heavy atom. The Morgan fingerprint density at radius 3 is 2.50 bits per heavy atom. The number of aromatic nitrogens is 2. The van der Waals surface area contributed by atoms with Gasteiger partial charge in [0.2, 0.25) is 6.33 Å². The largest absolute Gasteiger partial charge is 0.381 e. The number of nitro groups is 1. The van der Waals surface area contributed by atoms with Crippen LogP contribution in [0.3, 0.4) is 0 Å². The second-order valence-electron chi connectivity index (χ2n) is 5.75. The fourth-order valence-corrected chi connectivity index (χ4v) is 2.95. The maximum absolute atomic E-state index is 11.5. The second-order valence-corrected chi connectivity index (χ2v) is 5.75. The highest BCUT2D eigenvalue weighted by atomic mass is 16.6. The van der Waals surface area contributed by atoms with Crippen molar-refractivity contribution in [3.05, 3.63) is 53.0 Å². The van der Waals surface area contributed by atoms with Crippen LogP contribution in [-0.2, 0) is 11.3 Å². The summed E-state index contributed by atoms with van der Waals surface area (Å²) in [4.78, 5) is 29.8. The molecule has 8 nitrogen and oxygen atoms in total. The van der Waals surface area contributed by atoms with Crippen LogP contribution in [0.4, 0.5) is 11.5 Å². The second kappa shape index (κ2) is 7.22. The summed E-state index contributed by atoms with van der Waals surface area (Å²) in [5.41, 5.74) is 1.19. The summed E-state index contributed by atoms with van der Waals surface area (Å²) in [6, 6.07) is 9.88. The molecule has 8 heteroatoms. The molecule has 24 heavy (non-hydrogen) atoms. The molecule has 0 amide bonds. The average molecular weight is 329 g/mol. The molecule has 0 spiro atoms. The van der Waals surface area contributed by atoms with Gasteiger partial charge >= 0.3 is 5.82 Å². The summed E-state index contributed by atoms with van der Waals surface area (Å²) in [6.45, 7) is 3.61. The van der Waals surface area contributed by atoms with Gasteiger partial charge in [0.1, 0.15) is 12.5 Å². The van der Waals surface area contributed by atoms with Crippen LogP contribution in [0.25, 0.3) is 0 Å². The SMILES string of the molecule is O=CC(Cn1cnc([N+](=O)[O-])c1)N1CCN(c2ccccc2)CC1. The van der Waals surface area contributed by atoms with E-state index in [-0.39, 0.29) is 11.9 Å². The molecule has 0 N–H and O–H groups in total. The van der Waals surface area contributed by atoms with Gasteiger partial charge in [0, 0.05) is 38.4 Å². The van der Waals surface area contributed by atoms with Crippen LogP contribution < -0.4 is 4.90 Å². The Labute approximate surface area is 139 Å². The minimum atomic E-state index is -0.537. The van der Waals surface area contributed by atoms with Crippen molar-refractivity contribution >= 4 is 17.8 Å². The lowest BCUT2D eigenvalue weighted by atomic mass is 10.2. The molecule has 0 bridgehead atoms. The number of carbonyl (C=O) groups is 1. The molecule has 126 valence electrons. The number of aldehydes is 1. The van der Waals surface area contributed by atoms with Gasteiger partial charge in [-0.3, -0.25) is 4.90 Å². The Bertz CT molecular complexity index is 695. The molecule has 0 aliphatic carbocycles. The number of hydrogen-bond acceptors (Lipinski definition) is 6. The Morgan fingerprint density at radius 2 is 1.92 bits per heavy atom. The lowest BCUT2D eigenvalue weighted by Crippen LogP contribution is -2.52. The van der Waals surface area contributed by atoms with Crippen molar-refractivity contribution in [3.63, 3.8) is 0 Å². The third-order valence-corrected chi connectivity index (χ3v) is 4.27. The molecule has 1 fully saturated rings. The maximum Gasteiger partial charge on any atom is 0.381 e. The third kappa shape index (κ3) is 3.60. The van der Waals surface area contributed by atoms with E-state index in [0.29, 0.717) is 6.54 Å². The molecule has 2 aromatic rings. The fourth-order valence-electron chi connectivity index (χ4n) is 2.95. The zero-order valence-electron chi connectivity index (χ0n) is 13.2. The Balaban J connectivity index is 1.59. The van der Waals surface area contributed by atoms with Gasteiger partial charge in [0.25, 0.3) is 0 Å². The molecule has 1 saturated heterocycles. The van der Waals surface area contributed by atoms with E-state index in [9.17, 15) is 14.9 Å². The summed E-state index contributed by atoms with van der Waals surface area (Å²) < 4.78 is 1.60. The first-order valence-electron chi connectivity index (χ1n) is 7.83. The maximum atomic E-state index is 11.5. The predicted octanol–water partition coefficient (Wildman–Crippen LogP) is 1.18. The monoisotopic (exact) mass is 329 g/mol. The quantitative estimate of drug-likeness (QED) is 0.449. The normalized spacial score (nSPS) is 16.8. The molecule has 1 unspecified atom stereocenters. The van der Waals surface area contributed by atoms with Gasteiger partial charge in [0.15, 0.2) is 0 Å². The molecular weight excluding hydrogens is 310 g/mol. The van der Waals surface area contributed by atoms with Crippen molar-refractivity contribution in [2.45, 2.75) is 12.6 Å². The van der Waals surface area contributed by atoms with Crippen LogP contribution in [0.1, 0.15) is 0 Å². The van der Waals surface area contributed by atoms with Crippen molar-refractivity contribution < 1.29 is 9.72 Å². The Kier molecular flexibility index (Phi) is 4.85. The smallest absolute Gasteiger partial charge is 0.369 e. The van der Waals surface area contributed by atoms with Gasteiger partial charge in [-0.05, 0) is 22.0 Å². The molecule has 1 aliphatic rings. The van der Waals surface area contributed by atoms with E-state index in [0.717, 1.165) is 32.5 Å². The average Bonchev–Trinajstić information content (AvgIpc) is 3.10. The van der Waals surface area contributed by atoms with E-state index in [2.05, 4.69) is 26.9 Å². The standard InChI is InChI=1S/C16H19N5O3/c22-12-15(10-18-11-16(17-13-18)21(23)24)20-8-6-19(7-9-20)14-4-2-1-3-5-14/h1-5,11-13,15H,6-10H2. The van der Waals surface area contributed by atoms with Gasteiger partial charge in [-0.25, -0.2) is 0 Å². The molecule has 1 aliphatic heterocycles. The van der Waals surface area contributed by atoms with Crippen LogP contribution in [0.2, 0.25) is 0 Å². The molecule has 1 atom stereocenters. The minimum Gasteiger partial charge on any atom is -0.369 e. The van der Waals surface area contributed by atoms with E-state index in [1.165, 1.54) is 18.2 Å². The summed E-state index contributed by atoms with van der Waals surface area (Å²) >= 11 is 0. The number of anilines is 1. The van der Waals surface area contributed by atoms with E-state index >= 15 is 0 Å². The highest BCUT2D eigenvalue weighted by molar-refractivity contribution is 5.57. The first-order chi connectivity index (χ1) is 11.7. The number of benzene rings is 1. The highest BCUT2D eigenvalue weighted by Crippen LogP contribution is 2.17. The number of nitrogens with zero attached hydrogens (tertiary/aromatic N) is 5. The third-order valence-electron chi connectivity index (χ3n) is 4.27. The number of carbonyl (C=O) groups excluding carboxylic acids is 1. The fraction of sp³-hybridized carbons (Fsp3) is 0.375. The van der Waals surface area contributed by atoms with Gasteiger partial charge in [-0.1, -0.05) is 18.2 Å². The summed E-state index contributed by atoms with van der Waals surface area (Å²) in [6.07, 6.45) is 3.66. The van der Waals surface area contributed by atoms with E-state index in [1.807, 2.05) is 18.2 Å². The summed E-state index contributed by atoms with van der Waals surface area (Å²) in [5, 5.41) is 10.7. The zero-order valence-corrected chi connectivity index (χ0v) is 13.2. The van der Waals surface area contributed by atoms with Crippen molar-refractivity contribution in [1.29, 1.82) is 0 Å². The number of para-hydroxylation sites is 1. The van der Waals surface area contributed by atoms with E-state index < -0.39 is 4.92 Å². The first-order valence-corrected chi connectivity index (χ1v) is 7.83. The number of hydrogen-bond donors (Lipinski definition) is 0. The summed E-state index contributed by atoms with van der Waals surface area (Å²) in [5.74, 6) is -0.200. The first kappa shape index (κ1) is 16.1. The lowest BCUT2D eigenvalue weighted by Gasteiger charge is -2.38. The Hall–Kier alpha value is -2.74. The molecule has 1 aromatic heterocycles. The van der Waals surface area contributed by atoms with E-state index in [1.54, 1.807) is 4.57 Å². The van der Waals surface area contributed by atoms with Crippen molar-refractivity contribution in [3.8, 4) is 0 Å². The van der Waals surface area contributed by atoms with Crippen LogP contribution in [-0.4, -0.2) is 57.9 Å². The van der Waals surface area contributed by atoms with Crippen molar-refractivity contribution in [1.82, 2.24) is 14.5 Å². The highest BCUT2D eigenvalue weighted by Gasteiger charge is 2.24. The van der Waals surface area contributed by atoms with Gasteiger partial charge in [0.05, 0.1) is 6.04 Å². The number of rotatable bonds is 6. The molecule has 3 rings (SSSR count).